The lowest BCUT2D eigenvalue weighted by Crippen LogP contribution is -2.44. The van der Waals surface area contributed by atoms with Crippen LogP contribution in [0.1, 0.15) is 51.0 Å². The Balaban J connectivity index is 2.59. The second kappa shape index (κ2) is 10.8. The number of esters is 1. The maximum absolute atomic E-state index is 12.3. The molecule has 1 amide bonds. The van der Waals surface area contributed by atoms with E-state index in [1.54, 1.807) is 11.9 Å². The molecule has 0 N–H and O–H groups in total. The standard InChI is InChI=1S/C19H29NO3/c1-4-5-6-7-11-14-18(21)20(2)17(19(22)23-3)15-16-12-9-8-10-13-16/h8-10,12-13,17H,4-7,11,14-15H2,1-3H3. The van der Waals surface area contributed by atoms with Crippen LogP contribution in [0.4, 0.5) is 0 Å². The number of amides is 1. The molecule has 128 valence electrons. The van der Waals surface area contributed by atoms with Crippen LogP contribution in [0.3, 0.4) is 0 Å². The molecule has 1 aromatic carbocycles. The first-order chi connectivity index (χ1) is 11.1. The van der Waals surface area contributed by atoms with Crippen LogP contribution >= 0.6 is 0 Å². The summed E-state index contributed by atoms with van der Waals surface area (Å²) in [7, 11) is 3.06. The lowest BCUT2D eigenvalue weighted by Gasteiger charge is -2.26. The average molecular weight is 319 g/mol. The maximum Gasteiger partial charge on any atom is 0.328 e. The number of rotatable bonds is 10. The largest absolute Gasteiger partial charge is 0.467 e. The number of methoxy groups -OCH3 is 1. The molecule has 0 fully saturated rings. The van der Waals surface area contributed by atoms with Gasteiger partial charge in [0, 0.05) is 19.9 Å². The molecule has 0 saturated carbocycles. The highest BCUT2D eigenvalue weighted by Crippen LogP contribution is 2.13. The first-order valence-corrected chi connectivity index (χ1v) is 8.47. The van der Waals surface area contributed by atoms with E-state index in [4.69, 9.17) is 4.74 Å². The highest BCUT2D eigenvalue weighted by atomic mass is 16.5. The number of hydrogen-bond donors (Lipinski definition) is 0. The van der Waals surface area contributed by atoms with Crippen molar-refractivity contribution in [1.82, 2.24) is 4.90 Å². The van der Waals surface area contributed by atoms with E-state index < -0.39 is 6.04 Å². The van der Waals surface area contributed by atoms with Crippen molar-refractivity contribution >= 4 is 11.9 Å². The highest BCUT2D eigenvalue weighted by Gasteiger charge is 2.27. The number of carbonyl (C=O) groups excluding carboxylic acids is 2. The van der Waals surface area contributed by atoms with Crippen LogP contribution < -0.4 is 0 Å². The number of nitrogens with zero attached hydrogens (tertiary/aromatic N) is 1. The summed E-state index contributed by atoms with van der Waals surface area (Å²) in [4.78, 5) is 25.9. The second-order valence-electron chi connectivity index (χ2n) is 5.90. The number of hydrogen-bond acceptors (Lipinski definition) is 3. The fraction of sp³-hybridized carbons (Fsp3) is 0.579. The predicted octanol–water partition coefficient (Wildman–Crippen LogP) is 3.59. The molecular weight excluding hydrogens is 290 g/mol. The van der Waals surface area contributed by atoms with Gasteiger partial charge in [-0.25, -0.2) is 4.79 Å². The van der Waals surface area contributed by atoms with Crippen molar-refractivity contribution in [1.29, 1.82) is 0 Å². The van der Waals surface area contributed by atoms with Gasteiger partial charge >= 0.3 is 5.97 Å². The van der Waals surface area contributed by atoms with E-state index in [9.17, 15) is 9.59 Å². The zero-order valence-electron chi connectivity index (χ0n) is 14.6. The molecule has 0 saturated heterocycles. The smallest absolute Gasteiger partial charge is 0.328 e. The van der Waals surface area contributed by atoms with Crippen LogP contribution in [0.25, 0.3) is 0 Å². The number of likely N-dealkylation sites (N-methyl/N-ethyl adjacent to an activating group) is 1. The third-order valence-electron chi connectivity index (χ3n) is 4.10. The Labute approximate surface area is 139 Å². The monoisotopic (exact) mass is 319 g/mol. The Morgan fingerprint density at radius 2 is 1.74 bits per heavy atom. The fourth-order valence-corrected chi connectivity index (χ4v) is 2.58. The Kier molecular flexibility index (Phi) is 9.03. The molecular formula is C19H29NO3. The van der Waals surface area contributed by atoms with Crippen molar-refractivity contribution in [2.45, 2.75) is 57.9 Å². The quantitative estimate of drug-likeness (QED) is 0.489. The van der Waals surface area contributed by atoms with Gasteiger partial charge in [0.05, 0.1) is 7.11 Å². The summed E-state index contributed by atoms with van der Waals surface area (Å²) >= 11 is 0. The predicted molar refractivity (Wildman–Crippen MR) is 92.1 cm³/mol. The van der Waals surface area contributed by atoms with Gasteiger partial charge in [-0.3, -0.25) is 4.79 Å². The Hall–Kier alpha value is -1.84. The maximum atomic E-state index is 12.3. The molecule has 1 rings (SSSR count). The number of carbonyl (C=O) groups is 2. The summed E-state index contributed by atoms with van der Waals surface area (Å²) in [5, 5.41) is 0. The van der Waals surface area contributed by atoms with Gasteiger partial charge in [-0.15, -0.1) is 0 Å². The summed E-state index contributed by atoms with van der Waals surface area (Å²) in [5.41, 5.74) is 1.02. The van der Waals surface area contributed by atoms with E-state index >= 15 is 0 Å². The zero-order valence-corrected chi connectivity index (χ0v) is 14.6. The van der Waals surface area contributed by atoms with Crippen LogP contribution in [-0.2, 0) is 20.7 Å². The molecule has 0 heterocycles. The van der Waals surface area contributed by atoms with E-state index in [1.807, 2.05) is 30.3 Å². The molecule has 0 aliphatic heterocycles. The van der Waals surface area contributed by atoms with Crippen molar-refractivity contribution in [3.05, 3.63) is 35.9 Å². The average Bonchev–Trinajstić information content (AvgIpc) is 2.59. The minimum absolute atomic E-state index is 0.00725. The van der Waals surface area contributed by atoms with Gasteiger partial charge in [0.15, 0.2) is 0 Å². The summed E-state index contributed by atoms with van der Waals surface area (Å²) in [6, 6.07) is 9.14. The summed E-state index contributed by atoms with van der Waals surface area (Å²) < 4.78 is 4.88. The molecule has 0 aliphatic carbocycles. The van der Waals surface area contributed by atoms with Crippen molar-refractivity contribution in [3.8, 4) is 0 Å². The van der Waals surface area contributed by atoms with E-state index in [1.165, 1.54) is 20.0 Å². The molecule has 0 bridgehead atoms. The fourth-order valence-electron chi connectivity index (χ4n) is 2.58. The van der Waals surface area contributed by atoms with E-state index in [0.29, 0.717) is 12.8 Å². The minimum atomic E-state index is -0.564. The van der Waals surface area contributed by atoms with Gasteiger partial charge in [0.1, 0.15) is 6.04 Å². The van der Waals surface area contributed by atoms with Crippen molar-refractivity contribution in [2.75, 3.05) is 14.2 Å². The Morgan fingerprint density at radius 1 is 1.09 bits per heavy atom. The minimum Gasteiger partial charge on any atom is -0.467 e. The van der Waals surface area contributed by atoms with Gasteiger partial charge in [0.2, 0.25) is 5.91 Å². The van der Waals surface area contributed by atoms with E-state index in [-0.39, 0.29) is 11.9 Å². The molecule has 1 unspecified atom stereocenters. The molecule has 4 heteroatoms. The first-order valence-electron chi connectivity index (χ1n) is 8.47. The SMILES string of the molecule is CCCCCCCC(=O)N(C)C(Cc1ccccc1)C(=O)OC. The third kappa shape index (κ3) is 6.85. The van der Waals surface area contributed by atoms with Gasteiger partial charge in [-0.05, 0) is 12.0 Å². The van der Waals surface area contributed by atoms with Crippen molar-refractivity contribution in [3.63, 3.8) is 0 Å². The summed E-state index contributed by atoms with van der Waals surface area (Å²) in [6.07, 6.45) is 6.47. The van der Waals surface area contributed by atoms with Crippen molar-refractivity contribution < 1.29 is 14.3 Å². The summed E-state index contributed by atoms with van der Waals surface area (Å²) in [6.45, 7) is 2.17. The van der Waals surface area contributed by atoms with Gasteiger partial charge in [-0.1, -0.05) is 62.9 Å². The lowest BCUT2D eigenvalue weighted by molar-refractivity contribution is -0.151. The molecule has 0 radical (unpaired) electrons. The second-order valence-corrected chi connectivity index (χ2v) is 5.90. The van der Waals surface area contributed by atoms with E-state index in [0.717, 1.165) is 24.8 Å². The third-order valence-corrected chi connectivity index (χ3v) is 4.10. The summed E-state index contributed by atoms with van der Waals surface area (Å²) in [5.74, 6) is -0.358. The number of benzene rings is 1. The van der Waals surface area contributed by atoms with Gasteiger partial charge < -0.3 is 9.64 Å². The molecule has 1 aromatic rings. The van der Waals surface area contributed by atoms with Crippen LogP contribution in [0.15, 0.2) is 30.3 Å². The van der Waals surface area contributed by atoms with Crippen LogP contribution in [0.5, 0.6) is 0 Å². The normalized spacial score (nSPS) is 11.8. The topological polar surface area (TPSA) is 46.6 Å². The first kappa shape index (κ1) is 19.2. The van der Waals surface area contributed by atoms with E-state index in [2.05, 4.69) is 6.92 Å². The number of ether oxygens (including phenoxy) is 1. The highest BCUT2D eigenvalue weighted by molar-refractivity contribution is 5.84. The number of unbranched alkanes of at least 4 members (excludes halogenated alkanes) is 4. The Morgan fingerprint density at radius 3 is 2.35 bits per heavy atom. The van der Waals surface area contributed by atoms with Crippen LogP contribution in [-0.4, -0.2) is 37.0 Å². The molecule has 4 nitrogen and oxygen atoms in total. The zero-order chi connectivity index (χ0) is 17.1. The van der Waals surface area contributed by atoms with Gasteiger partial charge in [0.25, 0.3) is 0 Å². The molecule has 1 atom stereocenters. The Bertz CT molecular complexity index is 473. The van der Waals surface area contributed by atoms with Crippen LogP contribution in [0, 0.1) is 0 Å². The van der Waals surface area contributed by atoms with Gasteiger partial charge in [-0.2, -0.15) is 0 Å². The van der Waals surface area contributed by atoms with Crippen molar-refractivity contribution in [2.24, 2.45) is 0 Å². The molecule has 0 spiro atoms. The molecule has 23 heavy (non-hydrogen) atoms. The molecule has 0 aliphatic rings. The van der Waals surface area contributed by atoms with Crippen LogP contribution in [0.2, 0.25) is 0 Å². The lowest BCUT2D eigenvalue weighted by atomic mass is 10.0. The molecule has 0 aromatic heterocycles.